The van der Waals surface area contributed by atoms with Crippen LogP contribution in [-0.4, -0.2) is 28.3 Å². The summed E-state index contributed by atoms with van der Waals surface area (Å²) in [4.78, 5) is 27.7. The Hall–Kier alpha value is -4.26. The van der Waals surface area contributed by atoms with Crippen LogP contribution >= 0.6 is 0 Å². The Balaban J connectivity index is 1.56. The zero-order chi connectivity index (χ0) is 25.6. The molecule has 3 aromatic rings. The highest BCUT2D eigenvalue weighted by atomic mass is 16.3. The summed E-state index contributed by atoms with van der Waals surface area (Å²) in [6.45, 7) is 7.60. The zero-order valence-electron chi connectivity index (χ0n) is 20.7. The van der Waals surface area contributed by atoms with Crippen molar-refractivity contribution in [2.45, 2.75) is 33.6 Å². The second-order valence-corrected chi connectivity index (χ2v) is 9.53. The van der Waals surface area contributed by atoms with Gasteiger partial charge < -0.3 is 5.11 Å². The fraction of sp³-hybridized carbons (Fsp3) is 0.241. The van der Waals surface area contributed by atoms with Crippen molar-refractivity contribution in [2.75, 3.05) is 10.0 Å². The molecule has 0 aliphatic carbocycles. The van der Waals surface area contributed by atoms with E-state index in [9.17, 15) is 14.7 Å². The number of carbonyl (C=O) groups is 2. The Morgan fingerprint density at radius 3 is 1.56 bits per heavy atom. The van der Waals surface area contributed by atoms with E-state index in [0.717, 1.165) is 11.1 Å². The number of hydrazone groups is 2. The molecule has 0 radical (unpaired) electrons. The highest BCUT2D eigenvalue weighted by Crippen LogP contribution is 2.43. The predicted molar refractivity (Wildman–Crippen MR) is 141 cm³/mol. The van der Waals surface area contributed by atoms with Gasteiger partial charge in [0.15, 0.2) is 0 Å². The van der Waals surface area contributed by atoms with E-state index in [1.807, 2.05) is 82.3 Å². The number of aryl methyl sites for hydroxylation is 2. The third-order valence-electron chi connectivity index (χ3n) is 6.90. The zero-order valence-corrected chi connectivity index (χ0v) is 20.7. The molecule has 2 unspecified atom stereocenters. The first-order valence-electron chi connectivity index (χ1n) is 11.9. The molecule has 7 nitrogen and oxygen atoms in total. The Bertz CT molecular complexity index is 1310. The van der Waals surface area contributed by atoms with Gasteiger partial charge in [-0.2, -0.15) is 10.2 Å². The van der Waals surface area contributed by atoms with Gasteiger partial charge >= 0.3 is 0 Å². The number of aromatic hydroxyl groups is 1. The van der Waals surface area contributed by atoms with Crippen LogP contribution in [0.1, 0.15) is 36.5 Å². The molecule has 7 heteroatoms. The van der Waals surface area contributed by atoms with Gasteiger partial charge in [0.1, 0.15) is 5.75 Å². The van der Waals surface area contributed by atoms with Crippen LogP contribution in [0, 0.1) is 25.7 Å². The van der Waals surface area contributed by atoms with Gasteiger partial charge in [-0.15, -0.1) is 0 Å². The highest BCUT2D eigenvalue weighted by Gasteiger charge is 2.50. The molecule has 2 amide bonds. The predicted octanol–water partition coefficient (Wildman–Crippen LogP) is 5.17. The number of anilines is 2. The van der Waals surface area contributed by atoms with Crippen molar-refractivity contribution in [1.82, 2.24) is 0 Å². The largest absolute Gasteiger partial charge is 0.508 e. The SMILES string of the molecule is CC1=NN(c2ccc(C)cc2)C(=O)C1C(c1cccc(O)c1)C1C(=O)N(c2ccc(C)cc2)N=C1C. The van der Waals surface area contributed by atoms with E-state index < -0.39 is 17.8 Å². The van der Waals surface area contributed by atoms with Crippen molar-refractivity contribution in [3.8, 4) is 5.75 Å². The van der Waals surface area contributed by atoms with Crippen LogP contribution in [0.15, 0.2) is 83.0 Å². The number of phenolic OH excluding ortho intramolecular Hbond substituents is 1. The average molecular weight is 481 g/mol. The Morgan fingerprint density at radius 1 is 0.694 bits per heavy atom. The van der Waals surface area contributed by atoms with E-state index in [4.69, 9.17) is 0 Å². The quantitative estimate of drug-likeness (QED) is 0.547. The van der Waals surface area contributed by atoms with E-state index in [1.165, 1.54) is 10.0 Å². The smallest absolute Gasteiger partial charge is 0.256 e. The minimum absolute atomic E-state index is 0.0726. The third kappa shape index (κ3) is 4.06. The fourth-order valence-electron chi connectivity index (χ4n) is 5.04. The van der Waals surface area contributed by atoms with Gasteiger partial charge in [0.25, 0.3) is 11.8 Å². The lowest BCUT2D eigenvalue weighted by Gasteiger charge is -2.28. The summed E-state index contributed by atoms with van der Waals surface area (Å²) < 4.78 is 0. The lowest BCUT2D eigenvalue weighted by atomic mass is 9.73. The molecule has 5 rings (SSSR count). The van der Waals surface area contributed by atoms with Crippen LogP contribution < -0.4 is 10.0 Å². The van der Waals surface area contributed by atoms with Crippen molar-refractivity contribution in [1.29, 1.82) is 0 Å². The standard InChI is InChI=1S/C29H28N4O3/c1-17-8-12-22(13-9-17)32-28(35)25(19(3)30-32)27(21-6-5-7-24(34)16-21)26-20(4)31-33(29(26)36)23-14-10-18(2)11-15-23/h5-16,25-27,34H,1-4H3. The number of carbonyl (C=O) groups excluding carboxylic acids is 2. The molecule has 182 valence electrons. The molecular weight excluding hydrogens is 452 g/mol. The van der Waals surface area contributed by atoms with E-state index in [-0.39, 0.29) is 17.6 Å². The molecule has 0 saturated carbocycles. The Kier molecular flexibility index (Phi) is 5.92. The van der Waals surface area contributed by atoms with Gasteiger partial charge in [0.2, 0.25) is 0 Å². The minimum atomic E-state index is -0.690. The van der Waals surface area contributed by atoms with Gasteiger partial charge in [0.05, 0.1) is 23.2 Å². The molecule has 0 saturated heterocycles. The third-order valence-corrected chi connectivity index (χ3v) is 6.90. The number of amides is 2. The van der Waals surface area contributed by atoms with Crippen LogP contribution in [0.5, 0.6) is 5.75 Å². The topological polar surface area (TPSA) is 85.6 Å². The first-order chi connectivity index (χ1) is 17.2. The summed E-state index contributed by atoms with van der Waals surface area (Å²) >= 11 is 0. The van der Waals surface area contributed by atoms with Gasteiger partial charge in [0, 0.05) is 17.3 Å². The van der Waals surface area contributed by atoms with Crippen LogP contribution in [0.4, 0.5) is 11.4 Å². The van der Waals surface area contributed by atoms with Crippen molar-refractivity contribution in [3.05, 3.63) is 89.5 Å². The summed E-state index contributed by atoms with van der Waals surface area (Å²) in [5.74, 6) is -2.31. The maximum Gasteiger partial charge on any atom is 0.256 e. The molecule has 2 aliphatic rings. The summed E-state index contributed by atoms with van der Waals surface area (Å²) in [5.41, 5.74) is 5.43. The summed E-state index contributed by atoms with van der Waals surface area (Å²) in [6, 6.07) is 22.0. The van der Waals surface area contributed by atoms with E-state index in [1.54, 1.807) is 18.2 Å². The second-order valence-electron chi connectivity index (χ2n) is 9.53. The lowest BCUT2D eigenvalue weighted by Crippen LogP contribution is -2.40. The summed E-state index contributed by atoms with van der Waals surface area (Å²) in [5, 5.41) is 22.3. The molecule has 0 spiro atoms. The van der Waals surface area contributed by atoms with Gasteiger partial charge in [-0.1, -0.05) is 47.5 Å². The van der Waals surface area contributed by atoms with E-state index in [0.29, 0.717) is 28.4 Å². The number of nitrogens with zero attached hydrogens (tertiary/aromatic N) is 4. The molecule has 2 heterocycles. The molecule has 0 bridgehead atoms. The minimum Gasteiger partial charge on any atom is -0.508 e. The van der Waals surface area contributed by atoms with Gasteiger partial charge in [-0.25, -0.2) is 10.0 Å². The van der Waals surface area contributed by atoms with E-state index in [2.05, 4.69) is 10.2 Å². The molecule has 36 heavy (non-hydrogen) atoms. The van der Waals surface area contributed by atoms with Crippen molar-refractivity contribution in [3.63, 3.8) is 0 Å². The molecule has 2 aliphatic heterocycles. The maximum atomic E-state index is 13.8. The lowest BCUT2D eigenvalue weighted by molar-refractivity contribution is -0.122. The number of hydrogen-bond acceptors (Lipinski definition) is 5. The number of benzene rings is 3. The fourth-order valence-corrected chi connectivity index (χ4v) is 5.04. The number of phenols is 1. The molecule has 0 fully saturated rings. The maximum absolute atomic E-state index is 13.8. The Morgan fingerprint density at radius 2 is 1.14 bits per heavy atom. The molecule has 2 atom stereocenters. The normalized spacial score (nSPS) is 20.6. The van der Waals surface area contributed by atoms with Crippen molar-refractivity contribution < 1.29 is 14.7 Å². The van der Waals surface area contributed by atoms with Gasteiger partial charge in [-0.05, 0) is 69.7 Å². The van der Waals surface area contributed by atoms with Crippen molar-refractivity contribution in [2.24, 2.45) is 22.0 Å². The summed E-state index contributed by atoms with van der Waals surface area (Å²) in [6.07, 6.45) is 0. The van der Waals surface area contributed by atoms with E-state index >= 15 is 0 Å². The molecule has 1 N–H and O–H groups in total. The monoisotopic (exact) mass is 480 g/mol. The number of hydrogen-bond donors (Lipinski definition) is 1. The molecule has 0 aromatic heterocycles. The second kappa shape index (κ2) is 9.07. The average Bonchev–Trinajstić information content (AvgIpc) is 3.31. The van der Waals surface area contributed by atoms with Crippen LogP contribution in [0.3, 0.4) is 0 Å². The van der Waals surface area contributed by atoms with Crippen LogP contribution in [-0.2, 0) is 9.59 Å². The van der Waals surface area contributed by atoms with Crippen LogP contribution in [0.2, 0.25) is 0 Å². The van der Waals surface area contributed by atoms with Gasteiger partial charge in [-0.3, -0.25) is 9.59 Å². The first kappa shape index (κ1) is 23.5. The van der Waals surface area contributed by atoms with Crippen molar-refractivity contribution >= 4 is 34.6 Å². The number of rotatable bonds is 5. The highest BCUT2D eigenvalue weighted by molar-refractivity contribution is 6.19. The summed E-state index contributed by atoms with van der Waals surface area (Å²) in [7, 11) is 0. The molecule has 3 aromatic carbocycles. The first-order valence-corrected chi connectivity index (χ1v) is 11.9. The Labute approximate surface area is 210 Å². The molecular formula is C29H28N4O3. The van der Waals surface area contributed by atoms with Crippen LogP contribution in [0.25, 0.3) is 0 Å².